The molecular weight excluding hydrogens is 202 g/mol. The highest BCUT2D eigenvalue weighted by atomic mass is 16.4. The quantitative estimate of drug-likeness (QED) is 0.801. The van der Waals surface area contributed by atoms with Crippen molar-refractivity contribution in [2.45, 2.75) is 52.0 Å². The van der Waals surface area contributed by atoms with Gasteiger partial charge in [-0.05, 0) is 38.6 Å². The second kappa shape index (κ2) is 4.36. The lowest BCUT2D eigenvalue weighted by atomic mass is 9.90. The van der Waals surface area contributed by atoms with Gasteiger partial charge in [-0.2, -0.15) is 0 Å². The molecule has 92 valence electrons. The van der Waals surface area contributed by atoms with Crippen LogP contribution in [0.2, 0.25) is 0 Å². The molecule has 3 heteroatoms. The van der Waals surface area contributed by atoms with Gasteiger partial charge in [0.15, 0.2) is 0 Å². The fourth-order valence-corrected chi connectivity index (χ4v) is 3.43. The molecule has 0 aromatic rings. The number of hydrogen-bond donors (Lipinski definition) is 1. The minimum absolute atomic E-state index is 0.499. The molecular formula is C13H23NO2. The van der Waals surface area contributed by atoms with E-state index < -0.39 is 11.4 Å². The highest BCUT2D eigenvalue weighted by Gasteiger charge is 2.44. The molecule has 1 saturated heterocycles. The fraction of sp³-hybridized carbons (Fsp3) is 0.923. The number of rotatable bonds is 3. The number of nitrogens with zero attached hydrogens (tertiary/aromatic N) is 1. The van der Waals surface area contributed by atoms with Crippen LogP contribution in [0.4, 0.5) is 0 Å². The lowest BCUT2D eigenvalue weighted by molar-refractivity contribution is -0.147. The van der Waals surface area contributed by atoms with Crippen molar-refractivity contribution in [1.82, 2.24) is 4.90 Å². The van der Waals surface area contributed by atoms with Crippen molar-refractivity contribution in [3.63, 3.8) is 0 Å². The van der Waals surface area contributed by atoms with E-state index in [2.05, 4.69) is 11.8 Å². The zero-order valence-electron chi connectivity index (χ0n) is 10.4. The molecule has 2 aliphatic rings. The van der Waals surface area contributed by atoms with Gasteiger partial charge in [-0.15, -0.1) is 0 Å². The van der Waals surface area contributed by atoms with Crippen molar-refractivity contribution in [2.75, 3.05) is 13.1 Å². The second-order valence-electron chi connectivity index (χ2n) is 5.75. The van der Waals surface area contributed by atoms with E-state index in [4.69, 9.17) is 0 Å². The van der Waals surface area contributed by atoms with Crippen LogP contribution in [0.1, 0.15) is 46.0 Å². The molecule has 0 bridgehead atoms. The smallest absolute Gasteiger partial charge is 0.310 e. The Balaban J connectivity index is 2.00. The van der Waals surface area contributed by atoms with Gasteiger partial charge in [-0.25, -0.2) is 0 Å². The average Bonchev–Trinajstić information content (AvgIpc) is 2.83. The number of likely N-dealkylation sites (tertiary alicyclic amines) is 1. The molecule has 0 radical (unpaired) electrons. The van der Waals surface area contributed by atoms with Gasteiger partial charge < -0.3 is 5.11 Å². The van der Waals surface area contributed by atoms with Crippen LogP contribution in [-0.2, 0) is 4.79 Å². The Morgan fingerprint density at radius 3 is 2.81 bits per heavy atom. The molecule has 3 nitrogen and oxygen atoms in total. The summed E-state index contributed by atoms with van der Waals surface area (Å²) in [4.78, 5) is 13.6. The molecule has 0 aromatic heterocycles. The molecule has 1 aliphatic carbocycles. The monoisotopic (exact) mass is 225 g/mol. The van der Waals surface area contributed by atoms with Crippen molar-refractivity contribution in [3.8, 4) is 0 Å². The van der Waals surface area contributed by atoms with Crippen molar-refractivity contribution < 1.29 is 9.90 Å². The highest BCUT2D eigenvalue weighted by Crippen LogP contribution is 2.38. The van der Waals surface area contributed by atoms with E-state index in [-0.39, 0.29) is 0 Å². The molecule has 16 heavy (non-hydrogen) atoms. The summed E-state index contributed by atoms with van der Waals surface area (Å²) < 4.78 is 0. The topological polar surface area (TPSA) is 40.5 Å². The van der Waals surface area contributed by atoms with E-state index in [0.29, 0.717) is 6.04 Å². The summed E-state index contributed by atoms with van der Waals surface area (Å²) in [5, 5.41) is 9.23. The largest absolute Gasteiger partial charge is 0.481 e. The van der Waals surface area contributed by atoms with E-state index in [1.807, 2.05) is 6.92 Å². The summed E-state index contributed by atoms with van der Waals surface area (Å²) in [6, 6.07) is 0.658. The Hall–Kier alpha value is -0.570. The first-order valence-corrected chi connectivity index (χ1v) is 6.54. The number of carbonyl (C=O) groups is 1. The first kappa shape index (κ1) is 11.9. The molecule has 3 unspecified atom stereocenters. The maximum absolute atomic E-state index is 11.2. The number of carboxylic acid groups (broad SMARTS) is 1. The maximum atomic E-state index is 11.2. The van der Waals surface area contributed by atoms with Crippen LogP contribution < -0.4 is 0 Å². The molecule has 0 amide bonds. The van der Waals surface area contributed by atoms with Gasteiger partial charge in [-0.3, -0.25) is 9.69 Å². The molecule has 1 heterocycles. The second-order valence-corrected chi connectivity index (χ2v) is 5.75. The SMILES string of the molecule is CCC1CCCC1N1CCC(C)(C(=O)O)C1. The van der Waals surface area contributed by atoms with Gasteiger partial charge in [0.2, 0.25) is 0 Å². The van der Waals surface area contributed by atoms with Crippen LogP contribution in [0.25, 0.3) is 0 Å². The Kier molecular flexibility index (Phi) is 3.24. The average molecular weight is 225 g/mol. The van der Waals surface area contributed by atoms with Gasteiger partial charge >= 0.3 is 5.97 Å². The minimum atomic E-state index is -0.624. The molecule has 1 aliphatic heterocycles. The van der Waals surface area contributed by atoms with Crippen molar-refractivity contribution in [2.24, 2.45) is 11.3 Å². The predicted octanol–water partition coefficient (Wildman–Crippen LogP) is 2.36. The zero-order chi connectivity index (χ0) is 11.8. The molecule has 1 saturated carbocycles. The number of hydrogen-bond acceptors (Lipinski definition) is 2. The summed E-state index contributed by atoms with van der Waals surface area (Å²) in [5.74, 6) is 0.178. The van der Waals surface area contributed by atoms with Gasteiger partial charge in [0, 0.05) is 12.6 Å². The molecule has 0 spiro atoms. The molecule has 2 rings (SSSR count). The summed E-state index contributed by atoms with van der Waals surface area (Å²) in [6.45, 7) is 5.88. The lowest BCUT2D eigenvalue weighted by Crippen LogP contribution is -2.39. The third-order valence-electron chi connectivity index (χ3n) is 4.63. The molecule has 3 atom stereocenters. The van der Waals surface area contributed by atoms with Crippen molar-refractivity contribution >= 4 is 5.97 Å². The Morgan fingerprint density at radius 1 is 1.50 bits per heavy atom. The van der Waals surface area contributed by atoms with Gasteiger partial charge in [0.05, 0.1) is 5.41 Å². The zero-order valence-corrected chi connectivity index (χ0v) is 10.4. The fourth-order valence-electron chi connectivity index (χ4n) is 3.43. The maximum Gasteiger partial charge on any atom is 0.310 e. The Bertz CT molecular complexity index is 279. The predicted molar refractivity (Wildman–Crippen MR) is 63.4 cm³/mol. The third-order valence-corrected chi connectivity index (χ3v) is 4.63. The van der Waals surface area contributed by atoms with E-state index in [0.717, 1.165) is 25.4 Å². The number of aliphatic carboxylic acids is 1. The third kappa shape index (κ3) is 1.97. The first-order chi connectivity index (χ1) is 7.57. The van der Waals surface area contributed by atoms with Crippen LogP contribution in [0.5, 0.6) is 0 Å². The van der Waals surface area contributed by atoms with Crippen LogP contribution in [0.15, 0.2) is 0 Å². The summed E-state index contributed by atoms with van der Waals surface area (Å²) in [6.07, 6.45) is 5.99. The standard InChI is InChI=1S/C13H23NO2/c1-3-10-5-4-6-11(10)14-8-7-13(2,9-14)12(15)16/h10-11H,3-9H2,1-2H3,(H,15,16). The van der Waals surface area contributed by atoms with Crippen LogP contribution >= 0.6 is 0 Å². The summed E-state index contributed by atoms with van der Waals surface area (Å²) in [7, 11) is 0. The van der Waals surface area contributed by atoms with E-state index >= 15 is 0 Å². The minimum Gasteiger partial charge on any atom is -0.481 e. The summed E-state index contributed by atoms with van der Waals surface area (Å²) >= 11 is 0. The van der Waals surface area contributed by atoms with Gasteiger partial charge in [-0.1, -0.05) is 19.8 Å². The van der Waals surface area contributed by atoms with Crippen molar-refractivity contribution in [3.05, 3.63) is 0 Å². The lowest BCUT2D eigenvalue weighted by Gasteiger charge is -2.30. The van der Waals surface area contributed by atoms with E-state index in [1.165, 1.54) is 25.7 Å². The van der Waals surface area contributed by atoms with Crippen LogP contribution in [0, 0.1) is 11.3 Å². The van der Waals surface area contributed by atoms with Gasteiger partial charge in [0.25, 0.3) is 0 Å². The molecule has 2 fully saturated rings. The van der Waals surface area contributed by atoms with Crippen LogP contribution in [0.3, 0.4) is 0 Å². The van der Waals surface area contributed by atoms with Gasteiger partial charge in [0.1, 0.15) is 0 Å². The number of carboxylic acids is 1. The molecule has 1 N–H and O–H groups in total. The first-order valence-electron chi connectivity index (χ1n) is 6.54. The summed E-state index contributed by atoms with van der Waals surface area (Å²) in [5.41, 5.74) is -0.499. The highest BCUT2D eigenvalue weighted by molar-refractivity contribution is 5.74. The Labute approximate surface area is 97.8 Å². The van der Waals surface area contributed by atoms with E-state index in [1.54, 1.807) is 0 Å². The van der Waals surface area contributed by atoms with E-state index in [9.17, 15) is 9.90 Å². The Morgan fingerprint density at radius 2 is 2.25 bits per heavy atom. The van der Waals surface area contributed by atoms with Crippen LogP contribution in [-0.4, -0.2) is 35.1 Å². The van der Waals surface area contributed by atoms with Crippen molar-refractivity contribution in [1.29, 1.82) is 0 Å². The normalized spacial score (nSPS) is 40.4. The molecule has 0 aromatic carbocycles.